The van der Waals surface area contributed by atoms with Crippen molar-refractivity contribution in [2.45, 2.75) is 12.5 Å². The Hall–Kier alpha value is -1.38. The number of aliphatic hydroxyl groups is 1. The van der Waals surface area contributed by atoms with E-state index < -0.39 is 12.1 Å². The summed E-state index contributed by atoms with van der Waals surface area (Å²) < 4.78 is 0. The lowest BCUT2D eigenvalue weighted by atomic mass is 10.2. The highest BCUT2D eigenvalue weighted by atomic mass is 32.1. The maximum Gasteiger partial charge on any atom is 0.306 e. The van der Waals surface area contributed by atoms with Gasteiger partial charge >= 0.3 is 5.97 Å². The molecule has 1 heterocycles. The second-order valence-electron chi connectivity index (χ2n) is 2.46. The molecule has 0 spiro atoms. The van der Waals surface area contributed by atoms with Gasteiger partial charge in [0.15, 0.2) is 0 Å². The highest BCUT2D eigenvalue weighted by Gasteiger charge is 2.13. The molecule has 2 N–H and O–H groups in total. The zero-order chi connectivity index (χ0) is 9.84. The average molecular weight is 197 g/mol. The van der Waals surface area contributed by atoms with Crippen molar-refractivity contribution in [2.75, 3.05) is 0 Å². The lowest BCUT2D eigenvalue weighted by molar-refractivity contribution is -0.139. The molecule has 0 aliphatic carbocycles. The Morgan fingerprint density at radius 1 is 1.77 bits per heavy atom. The Morgan fingerprint density at radius 2 is 2.46 bits per heavy atom. The SMILES string of the molecule is N#Cc1csc([C@@H](O)CC(=O)O)c1. The van der Waals surface area contributed by atoms with E-state index in [0.717, 1.165) is 0 Å². The van der Waals surface area contributed by atoms with Gasteiger partial charge < -0.3 is 10.2 Å². The van der Waals surface area contributed by atoms with E-state index in [1.807, 2.05) is 6.07 Å². The van der Waals surface area contributed by atoms with Crippen molar-refractivity contribution >= 4 is 17.3 Å². The van der Waals surface area contributed by atoms with Gasteiger partial charge in [0.25, 0.3) is 0 Å². The molecule has 0 bridgehead atoms. The van der Waals surface area contributed by atoms with Crippen LogP contribution < -0.4 is 0 Å². The number of aliphatic hydroxyl groups excluding tert-OH is 1. The van der Waals surface area contributed by atoms with Crippen LogP contribution in [0.4, 0.5) is 0 Å². The van der Waals surface area contributed by atoms with Crippen LogP contribution in [0.2, 0.25) is 0 Å². The number of rotatable bonds is 3. The summed E-state index contributed by atoms with van der Waals surface area (Å²) in [5.41, 5.74) is 0.449. The Morgan fingerprint density at radius 3 is 2.92 bits per heavy atom. The molecule has 0 saturated carbocycles. The van der Waals surface area contributed by atoms with Crippen LogP contribution in [-0.2, 0) is 4.79 Å². The molecule has 1 atom stereocenters. The molecule has 4 nitrogen and oxygen atoms in total. The number of carboxylic acids is 1. The van der Waals surface area contributed by atoms with E-state index >= 15 is 0 Å². The van der Waals surface area contributed by atoms with Crippen LogP contribution in [0.25, 0.3) is 0 Å². The van der Waals surface area contributed by atoms with Gasteiger partial charge in [-0.1, -0.05) is 0 Å². The predicted molar refractivity (Wildman–Crippen MR) is 46.2 cm³/mol. The number of hydrogen-bond acceptors (Lipinski definition) is 4. The van der Waals surface area contributed by atoms with E-state index in [2.05, 4.69) is 0 Å². The summed E-state index contributed by atoms with van der Waals surface area (Å²) in [6, 6.07) is 3.41. The molecule has 1 rings (SSSR count). The Labute approximate surface area is 78.7 Å². The van der Waals surface area contributed by atoms with Crippen LogP contribution in [0.1, 0.15) is 23.0 Å². The van der Waals surface area contributed by atoms with Crippen molar-refractivity contribution in [2.24, 2.45) is 0 Å². The first-order valence-corrected chi connectivity index (χ1v) is 4.40. The summed E-state index contributed by atoms with van der Waals surface area (Å²) in [6.07, 6.45) is -1.34. The van der Waals surface area contributed by atoms with E-state index in [1.54, 1.807) is 5.38 Å². The van der Waals surface area contributed by atoms with Gasteiger partial charge in [0.2, 0.25) is 0 Å². The second-order valence-corrected chi connectivity index (χ2v) is 3.41. The molecule has 0 amide bonds. The molecule has 0 unspecified atom stereocenters. The minimum absolute atomic E-state index is 0.328. The summed E-state index contributed by atoms with van der Waals surface area (Å²) in [7, 11) is 0. The number of nitrogens with zero attached hydrogens (tertiary/aromatic N) is 1. The van der Waals surface area contributed by atoms with Crippen molar-refractivity contribution < 1.29 is 15.0 Å². The molecule has 68 valence electrons. The molecule has 1 aromatic heterocycles. The molecule has 0 aliphatic rings. The second kappa shape index (κ2) is 4.03. The molecule has 0 fully saturated rings. The van der Waals surface area contributed by atoms with Gasteiger partial charge in [0.1, 0.15) is 6.07 Å². The summed E-state index contributed by atoms with van der Waals surface area (Å²) in [5.74, 6) is -1.06. The summed E-state index contributed by atoms with van der Waals surface area (Å²) in [4.78, 5) is 10.8. The zero-order valence-corrected chi connectivity index (χ0v) is 7.41. The van der Waals surface area contributed by atoms with Crippen molar-refractivity contribution in [1.29, 1.82) is 5.26 Å². The minimum atomic E-state index is -1.06. The third-order valence-electron chi connectivity index (χ3n) is 1.45. The molecule has 0 aromatic carbocycles. The quantitative estimate of drug-likeness (QED) is 0.761. The molecule has 0 radical (unpaired) electrons. The van der Waals surface area contributed by atoms with E-state index in [0.29, 0.717) is 10.4 Å². The third kappa shape index (κ3) is 2.54. The normalized spacial score (nSPS) is 12.0. The smallest absolute Gasteiger partial charge is 0.306 e. The molecule has 13 heavy (non-hydrogen) atoms. The molecule has 5 heteroatoms. The Bertz CT molecular complexity index is 353. The van der Waals surface area contributed by atoms with Gasteiger partial charge in [0.05, 0.1) is 18.1 Å². The largest absolute Gasteiger partial charge is 0.481 e. The van der Waals surface area contributed by atoms with Crippen molar-refractivity contribution in [3.8, 4) is 6.07 Å². The van der Waals surface area contributed by atoms with Crippen LogP contribution in [0, 0.1) is 11.3 Å². The number of carbonyl (C=O) groups is 1. The Balaban J connectivity index is 2.72. The fourth-order valence-electron chi connectivity index (χ4n) is 0.852. The predicted octanol–water partition coefficient (Wildman–Crippen LogP) is 1.13. The van der Waals surface area contributed by atoms with Crippen molar-refractivity contribution in [3.05, 3.63) is 21.9 Å². The number of hydrogen-bond donors (Lipinski definition) is 2. The summed E-state index contributed by atoms with van der Waals surface area (Å²) in [6.45, 7) is 0. The number of aliphatic carboxylic acids is 1. The standard InChI is InChI=1S/C8H7NO3S/c9-3-5-1-7(13-4-5)6(10)2-8(11)12/h1,4,6,10H,2H2,(H,11,12)/t6-/m0/s1. The van der Waals surface area contributed by atoms with Gasteiger partial charge in [-0.05, 0) is 6.07 Å². The van der Waals surface area contributed by atoms with Crippen LogP contribution in [0.5, 0.6) is 0 Å². The summed E-state index contributed by atoms with van der Waals surface area (Å²) >= 11 is 1.19. The molecular formula is C8H7NO3S. The Kier molecular flexibility index (Phi) is 3.01. The molecular weight excluding hydrogens is 190 g/mol. The zero-order valence-electron chi connectivity index (χ0n) is 6.60. The van der Waals surface area contributed by atoms with Crippen molar-refractivity contribution in [3.63, 3.8) is 0 Å². The van der Waals surface area contributed by atoms with Crippen LogP contribution in [0.15, 0.2) is 11.4 Å². The number of nitriles is 1. The fourth-order valence-corrected chi connectivity index (χ4v) is 1.67. The van der Waals surface area contributed by atoms with E-state index in [4.69, 9.17) is 10.4 Å². The lowest BCUT2D eigenvalue weighted by Gasteiger charge is -2.02. The monoisotopic (exact) mass is 197 g/mol. The van der Waals surface area contributed by atoms with E-state index in [-0.39, 0.29) is 6.42 Å². The van der Waals surface area contributed by atoms with Crippen LogP contribution in [0.3, 0.4) is 0 Å². The maximum atomic E-state index is 10.2. The van der Waals surface area contributed by atoms with Crippen molar-refractivity contribution in [1.82, 2.24) is 0 Å². The fraction of sp³-hybridized carbons (Fsp3) is 0.250. The number of thiophene rings is 1. The van der Waals surface area contributed by atoms with Gasteiger partial charge in [-0.15, -0.1) is 11.3 Å². The van der Waals surface area contributed by atoms with Gasteiger partial charge in [-0.25, -0.2) is 0 Å². The minimum Gasteiger partial charge on any atom is -0.481 e. The van der Waals surface area contributed by atoms with E-state index in [1.165, 1.54) is 17.4 Å². The topological polar surface area (TPSA) is 81.3 Å². The molecule has 1 aromatic rings. The van der Waals surface area contributed by atoms with Crippen LogP contribution >= 0.6 is 11.3 Å². The van der Waals surface area contributed by atoms with Crippen LogP contribution in [-0.4, -0.2) is 16.2 Å². The highest BCUT2D eigenvalue weighted by Crippen LogP contribution is 2.23. The van der Waals surface area contributed by atoms with E-state index in [9.17, 15) is 9.90 Å². The summed E-state index contributed by atoms with van der Waals surface area (Å²) in [5, 5.41) is 27.8. The molecule has 0 saturated heterocycles. The maximum absolute atomic E-state index is 10.2. The first-order valence-electron chi connectivity index (χ1n) is 3.52. The van der Waals surface area contributed by atoms with Gasteiger partial charge in [0, 0.05) is 10.3 Å². The lowest BCUT2D eigenvalue weighted by Crippen LogP contribution is -2.03. The highest BCUT2D eigenvalue weighted by molar-refractivity contribution is 7.10. The third-order valence-corrected chi connectivity index (χ3v) is 2.48. The number of carboxylic acid groups (broad SMARTS) is 1. The molecule has 0 aliphatic heterocycles. The van der Waals surface area contributed by atoms with Gasteiger partial charge in [-0.2, -0.15) is 5.26 Å². The first kappa shape index (κ1) is 9.71. The first-order chi connectivity index (χ1) is 6.13. The van der Waals surface area contributed by atoms with Gasteiger partial charge in [-0.3, -0.25) is 4.79 Å². The average Bonchev–Trinajstić information content (AvgIpc) is 2.50.